The van der Waals surface area contributed by atoms with Gasteiger partial charge in [0, 0.05) is 6.54 Å². The van der Waals surface area contributed by atoms with Crippen molar-refractivity contribution in [3.8, 4) is 5.75 Å². The van der Waals surface area contributed by atoms with Gasteiger partial charge in [-0.1, -0.05) is 36.4 Å². The molecule has 2 aromatic carbocycles. The number of amides is 1. The van der Waals surface area contributed by atoms with Crippen LogP contribution in [0.3, 0.4) is 0 Å². The van der Waals surface area contributed by atoms with Crippen molar-refractivity contribution in [3.05, 3.63) is 65.5 Å². The van der Waals surface area contributed by atoms with Crippen molar-refractivity contribution in [2.24, 2.45) is 5.73 Å². The number of halogens is 1. The number of phenolic OH excluding ortho intramolecular Hbond substituents is 1. The van der Waals surface area contributed by atoms with E-state index in [2.05, 4.69) is 5.32 Å². The van der Waals surface area contributed by atoms with Crippen LogP contribution in [0.4, 0.5) is 4.39 Å². The van der Waals surface area contributed by atoms with Crippen LogP contribution in [0.25, 0.3) is 0 Å². The lowest BCUT2D eigenvalue weighted by Gasteiger charge is -2.16. The van der Waals surface area contributed by atoms with Gasteiger partial charge < -0.3 is 10.8 Å². The van der Waals surface area contributed by atoms with Crippen molar-refractivity contribution in [3.63, 3.8) is 0 Å². The molecule has 4 N–H and O–H groups in total. The molecule has 20 heavy (non-hydrogen) atoms. The molecule has 1 unspecified atom stereocenters. The van der Waals surface area contributed by atoms with Crippen LogP contribution in [-0.2, 0) is 11.3 Å². The molecular weight excluding hydrogens is 259 g/mol. The standard InChI is InChI=1S/C15H15FN2O2/c16-12-8-11(6-7-13(12)19)14(15(17)20)18-9-10-4-2-1-3-5-10/h1-8,14,18-19H,9H2,(H2,17,20). The number of primary amides is 1. The summed E-state index contributed by atoms with van der Waals surface area (Å²) in [6.07, 6.45) is 0. The van der Waals surface area contributed by atoms with E-state index >= 15 is 0 Å². The fourth-order valence-corrected chi connectivity index (χ4v) is 1.90. The Hall–Kier alpha value is -2.40. The third kappa shape index (κ3) is 3.33. The first-order valence-electron chi connectivity index (χ1n) is 6.13. The minimum absolute atomic E-state index is 0.378. The van der Waals surface area contributed by atoms with E-state index in [0.717, 1.165) is 11.6 Å². The van der Waals surface area contributed by atoms with Crippen molar-refractivity contribution >= 4 is 5.91 Å². The Morgan fingerprint density at radius 2 is 1.95 bits per heavy atom. The van der Waals surface area contributed by atoms with Crippen molar-refractivity contribution < 1.29 is 14.3 Å². The maximum atomic E-state index is 13.3. The number of carbonyl (C=O) groups excluding carboxylic acids is 1. The fourth-order valence-electron chi connectivity index (χ4n) is 1.90. The van der Waals surface area contributed by atoms with E-state index < -0.39 is 23.5 Å². The monoisotopic (exact) mass is 274 g/mol. The van der Waals surface area contributed by atoms with Crippen molar-refractivity contribution in [2.45, 2.75) is 12.6 Å². The normalized spacial score (nSPS) is 12.1. The number of carbonyl (C=O) groups is 1. The molecule has 0 saturated carbocycles. The summed E-state index contributed by atoms with van der Waals surface area (Å²) in [6, 6.07) is 12.4. The molecule has 0 fully saturated rings. The Kier molecular flexibility index (Phi) is 4.32. The molecule has 4 nitrogen and oxygen atoms in total. The highest BCUT2D eigenvalue weighted by molar-refractivity contribution is 5.81. The first kappa shape index (κ1) is 14.0. The van der Waals surface area contributed by atoms with Crippen LogP contribution in [0.2, 0.25) is 0 Å². The second-order valence-corrected chi connectivity index (χ2v) is 4.41. The van der Waals surface area contributed by atoms with Crippen molar-refractivity contribution in [1.82, 2.24) is 5.32 Å². The number of hydrogen-bond donors (Lipinski definition) is 3. The molecule has 1 atom stereocenters. The molecule has 0 aliphatic carbocycles. The summed E-state index contributed by atoms with van der Waals surface area (Å²) in [4.78, 5) is 11.5. The lowest BCUT2D eigenvalue weighted by molar-refractivity contribution is -0.120. The van der Waals surface area contributed by atoms with Crippen LogP contribution in [0.5, 0.6) is 5.75 Å². The third-order valence-corrected chi connectivity index (χ3v) is 2.94. The Labute approximate surface area is 116 Å². The minimum atomic E-state index is -0.815. The molecule has 0 heterocycles. The van der Waals surface area contributed by atoms with Gasteiger partial charge in [-0.05, 0) is 23.3 Å². The SMILES string of the molecule is NC(=O)C(NCc1ccccc1)c1ccc(O)c(F)c1. The molecule has 1 amide bonds. The second-order valence-electron chi connectivity index (χ2n) is 4.41. The van der Waals surface area contributed by atoms with Crippen LogP contribution in [0, 0.1) is 5.82 Å². The van der Waals surface area contributed by atoms with Crippen LogP contribution in [0.15, 0.2) is 48.5 Å². The number of benzene rings is 2. The average molecular weight is 274 g/mol. The van der Waals surface area contributed by atoms with Gasteiger partial charge in [0.2, 0.25) is 5.91 Å². The van der Waals surface area contributed by atoms with E-state index in [-0.39, 0.29) is 0 Å². The zero-order valence-electron chi connectivity index (χ0n) is 10.7. The zero-order valence-corrected chi connectivity index (χ0v) is 10.7. The number of phenols is 1. The molecule has 0 bridgehead atoms. The first-order valence-corrected chi connectivity index (χ1v) is 6.13. The molecule has 2 rings (SSSR count). The van der Waals surface area contributed by atoms with Gasteiger partial charge in [0.05, 0.1) is 0 Å². The van der Waals surface area contributed by atoms with Gasteiger partial charge in [-0.3, -0.25) is 10.1 Å². The van der Waals surface area contributed by atoms with Crippen LogP contribution in [-0.4, -0.2) is 11.0 Å². The molecular formula is C15H15FN2O2. The van der Waals surface area contributed by atoms with E-state index in [1.807, 2.05) is 30.3 Å². The van der Waals surface area contributed by atoms with Gasteiger partial charge in [-0.15, -0.1) is 0 Å². The van der Waals surface area contributed by atoms with Gasteiger partial charge in [-0.2, -0.15) is 0 Å². The molecule has 0 radical (unpaired) electrons. The molecule has 0 aliphatic heterocycles. The van der Waals surface area contributed by atoms with E-state index in [1.165, 1.54) is 12.1 Å². The topological polar surface area (TPSA) is 75.4 Å². The third-order valence-electron chi connectivity index (χ3n) is 2.94. The summed E-state index contributed by atoms with van der Waals surface area (Å²) < 4.78 is 13.3. The van der Waals surface area contributed by atoms with E-state index in [0.29, 0.717) is 12.1 Å². The molecule has 0 aliphatic rings. The fraction of sp³-hybridized carbons (Fsp3) is 0.133. The van der Waals surface area contributed by atoms with Gasteiger partial charge in [0.25, 0.3) is 0 Å². The molecule has 0 spiro atoms. The predicted octanol–water partition coefficient (Wildman–Crippen LogP) is 1.85. The van der Waals surface area contributed by atoms with Crippen molar-refractivity contribution in [1.29, 1.82) is 0 Å². The lowest BCUT2D eigenvalue weighted by atomic mass is 10.1. The smallest absolute Gasteiger partial charge is 0.239 e. The minimum Gasteiger partial charge on any atom is -0.505 e. The highest BCUT2D eigenvalue weighted by Crippen LogP contribution is 2.21. The zero-order chi connectivity index (χ0) is 14.5. The maximum absolute atomic E-state index is 13.3. The Bertz CT molecular complexity index is 602. The predicted molar refractivity (Wildman–Crippen MR) is 73.3 cm³/mol. The molecule has 5 heteroatoms. The van der Waals surface area contributed by atoms with Crippen molar-refractivity contribution in [2.75, 3.05) is 0 Å². The highest BCUT2D eigenvalue weighted by Gasteiger charge is 2.18. The molecule has 2 aromatic rings. The largest absolute Gasteiger partial charge is 0.505 e. The summed E-state index contributed by atoms with van der Waals surface area (Å²) in [5.74, 6) is -1.85. The second kappa shape index (κ2) is 6.16. The summed E-state index contributed by atoms with van der Waals surface area (Å²) in [6.45, 7) is 0.428. The Morgan fingerprint density at radius 3 is 2.55 bits per heavy atom. The number of rotatable bonds is 5. The van der Waals surface area contributed by atoms with Gasteiger partial charge in [-0.25, -0.2) is 4.39 Å². The number of nitrogens with two attached hydrogens (primary N) is 1. The summed E-state index contributed by atoms with van der Waals surface area (Å²) >= 11 is 0. The average Bonchev–Trinajstić information content (AvgIpc) is 2.43. The quantitative estimate of drug-likeness (QED) is 0.779. The van der Waals surface area contributed by atoms with Gasteiger partial charge in [0.15, 0.2) is 11.6 Å². The summed E-state index contributed by atoms with van der Waals surface area (Å²) in [7, 11) is 0. The Morgan fingerprint density at radius 1 is 1.25 bits per heavy atom. The van der Waals surface area contributed by atoms with Crippen LogP contribution < -0.4 is 11.1 Å². The lowest BCUT2D eigenvalue weighted by Crippen LogP contribution is -2.33. The van der Waals surface area contributed by atoms with Crippen LogP contribution in [0.1, 0.15) is 17.2 Å². The first-order chi connectivity index (χ1) is 9.58. The van der Waals surface area contributed by atoms with Crippen LogP contribution >= 0.6 is 0 Å². The van der Waals surface area contributed by atoms with E-state index in [9.17, 15) is 9.18 Å². The molecule has 104 valence electrons. The Balaban J connectivity index is 2.15. The summed E-state index contributed by atoms with van der Waals surface area (Å²) in [5, 5.41) is 12.1. The van der Waals surface area contributed by atoms with E-state index in [1.54, 1.807) is 0 Å². The molecule has 0 aromatic heterocycles. The van der Waals surface area contributed by atoms with Gasteiger partial charge in [0.1, 0.15) is 6.04 Å². The van der Waals surface area contributed by atoms with Gasteiger partial charge >= 0.3 is 0 Å². The maximum Gasteiger partial charge on any atom is 0.239 e. The van der Waals surface area contributed by atoms with E-state index in [4.69, 9.17) is 10.8 Å². The number of aromatic hydroxyl groups is 1. The highest BCUT2D eigenvalue weighted by atomic mass is 19.1. The summed E-state index contributed by atoms with van der Waals surface area (Å²) in [5.41, 5.74) is 6.70. The number of hydrogen-bond acceptors (Lipinski definition) is 3. The number of nitrogens with one attached hydrogen (secondary N) is 1. The molecule has 0 saturated heterocycles.